The second-order valence-electron chi connectivity index (χ2n) is 3.90. The van der Waals surface area contributed by atoms with Gasteiger partial charge in [0.1, 0.15) is 11.6 Å². The Morgan fingerprint density at radius 1 is 1.20 bits per heavy atom. The van der Waals surface area contributed by atoms with Crippen LogP contribution in [0.1, 0.15) is 5.56 Å². The second-order valence-corrected chi connectivity index (χ2v) is 4.17. The zero-order valence-corrected chi connectivity index (χ0v) is 10.7. The van der Waals surface area contributed by atoms with Gasteiger partial charge in [-0.2, -0.15) is 0 Å². The summed E-state index contributed by atoms with van der Waals surface area (Å²) in [6.07, 6.45) is 0. The molecule has 7 heteroatoms. The van der Waals surface area contributed by atoms with Crippen LogP contribution in [0.3, 0.4) is 0 Å². The Balaban J connectivity index is 2.30. The molecule has 2 rings (SSSR count). The van der Waals surface area contributed by atoms with Gasteiger partial charge in [0, 0.05) is 18.0 Å². The van der Waals surface area contributed by atoms with Crippen molar-refractivity contribution < 1.29 is 18.4 Å². The number of ether oxygens (including phenoxy) is 1. The molecule has 4 nitrogen and oxygen atoms in total. The lowest BCUT2D eigenvalue weighted by Gasteiger charge is -2.08. The van der Waals surface area contributed by atoms with Crippen molar-refractivity contribution in [3.63, 3.8) is 0 Å². The van der Waals surface area contributed by atoms with Gasteiger partial charge in [0.05, 0.1) is 11.0 Å². The molecule has 0 N–H and O–H groups in total. The summed E-state index contributed by atoms with van der Waals surface area (Å²) in [5, 5.41) is 10.5. The molecule has 2 aromatic carbocycles. The number of halogens is 3. The van der Waals surface area contributed by atoms with E-state index >= 15 is 0 Å². The van der Waals surface area contributed by atoms with E-state index in [4.69, 9.17) is 16.3 Å². The van der Waals surface area contributed by atoms with Crippen LogP contribution in [-0.4, -0.2) is 4.92 Å². The summed E-state index contributed by atoms with van der Waals surface area (Å²) in [4.78, 5) is 9.76. The van der Waals surface area contributed by atoms with E-state index in [9.17, 15) is 18.9 Å². The molecule has 0 atom stereocenters. The molecule has 0 radical (unpaired) electrons. The first-order valence-electron chi connectivity index (χ1n) is 5.47. The topological polar surface area (TPSA) is 52.4 Å². The van der Waals surface area contributed by atoms with Gasteiger partial charge in [-0.15, -0.1) is 11.6 Å². The maximum atomic E-state index is 13.6. The monoisotopic (exact) mass is 299 g/mol. The lowest BCUT2D eigenvalue weighted by atomic mass is 10.2. The van der Waals surface area contributed by atoms with E-state index in [1.165, 1.54) is 12.1 Å². The minimum Gasteiger partial charge on any atom is -0.454 e. The number of nitro benzene ring substituents is 1. The van der Waals surface area contributed by atoms with Gasteiger partial charge in [-0.05, 0) is 23.8 Å². The van der Waals surface area contributed by atoms with Crippen LogP contribution in [0.15, 0.2) is 36.4 Å². The Labute approximate surface area is 117 Å². The molecule has 0 amide bonds. The first-order chi connectivity index (χ1) is 9.49. The number of non-ortho nitro benzene ring substituents is 1. The van der Waals surface area contributed by atoms with Crippen LogP contribution in [-0.2, 0) is 5.88 Å². The van der Waals surface area contributed by atoms with E-state index in [1.54, 1.807) is 0 Å². The van der Waals surface area contributed by atoms with E-state index in [0.717, 1.165) is 24.3 Å². The number of hydrogen-bond donors (Lipinski definition) is 0. The van der Waals surface area contributed by atoms with Crippen molar-refractivity contribution in [2.24, 2.45) is 0 Å². The maximum Gasteiger partial charge on any atom is 0.272 e. The molecule has 20 heavy (non-hydrogen) atoms. The average Bonchev–Trinajstić information content (AvgIpc) is 2.40. The van der Waals surface area contributed by atoms with Crippen molar-refractivity contribution in [2.45, 2.75) is 5.88 Å². The highest BCUT2D eigenvalue weighted by Crippen LogP contribution is 2.28. The molecule has 0 aliphatic carbocycles. The molecule has 0 unspecified atom stereocenters. The van der Waals surface area contributed by atoms with Gasteiger partial charge < -0.3 is 4.74 Å². The SMILES string of the molecule is O=[N+]([O-])c1ccc(Oc2cc(F)cc(CCl)c2)c(F)c1. The Morgan fingerprint density at radius 3 is 2.55 bits per heavy atom. The van der Waals surface area contributed by atoms with Gasteiger partial charge in [-0.25, -0.2) is 8.78 Å². The van der Waals surface area contributed by atoms with E-state index in [0.29, 0.717) is 5.56 Å². The van der Waals surface area contributed by atoms with Crippen LogP contribution >= 0.6 is 11.6 Å². The predicted molar refractivity (Wildman–Crippen MR) is 69.1 cm³/mol. The molecule has 0 saturated carbocycles. The summed E-state index contributed by atoms with van der Waals surface area (Å²) in [6.45, 7) is 0. The summed E-state index contributed by atoms with van der Waals surface area (Å²) in [5.74, 6) is -1.57. The Morgan fingerprint density at radius 2 is 1.95 bits per heavy atom. The molecule has 104 valence electrons. The molecule has 0 aromatic heterocycles. The molecule has 0 aliphatic heterocycles. The lowest BCUT2D eigenvalue weighted by Crippen LogP contribution is -1.93. The summed E-state index contributed by atoms with van der Waals surface area (Å²) >= 11 is 5.59. The summed E-state index contributed by atoms with van der Waals surface area (Å²) < 4.78 is 32.1. The molecule has 0 bridgehead atoms. The molecule has 0 saturated heterocycles. The van der Waals surface area contributed by atoms with Crippen LogP contribution in [0.2, 0.25) is 0 Å². The van der Waals surface area contributed by atoms with Crippen molar-refractivity contribution in [1.82, 2.24) is 0 Å². The number of hydrogen-bond acceptors (Lipinski definition) is 3. The van der Waals surface area contributed by atoms with Crippen LogP contribution < -0.4 is 4.74 Å². The third-order valence-electron chi connectivity index (χ3n) is 2.44. The summed E-state index contributed by atoms with van der Waals surface area (Å²) in [5.41, 5.74) is 0.0829. The third-order valence-corrected chi connectivity index (χ3v) is 2.75. The fourth-order valence-corrected chi connectivity index (χ4v) is 1.72. The van der Waals surface area contributed by atoms with Crippen molar-refractivity contribution in [3.05, 3.63) is 63.7 Å². The number of alkyl halides is 1. The van der Waals surface area contributed by atoms with Crippen molar-refractivity contribution >= 4 is 17.3 Å². The van der Waals surface area contributed by atoms with Crippen LogP contribution in [0, 0.1) is 21.7 Å². The first-order valence-corrected chi connectivity index (χ1v) is 6.00. The Bertz CT molecular complexity index is 664. The Hall–Kier alpha value is -2.21. The number of rotatable bonds is 4. The first kappa shape index (κ1) is 14.2. The highest BCUT2D eigenvalue weighted by molar-refractivity contribution is 6.17. The molecule has 2 aromatic rings. The van der Waals surface area contributed by atoms with Crippen LogP contribution in [0.4, 0.5) is 14.5 Å². The largest absolute Gasteiger partial charge is 0.454 e. The lowest BCUT2D eigenvalue weighted by molar-refractivity contribution is -0.385. The molecule has 0 heterocycles. The summed E-state index contributed by atoms with van der Waals surface area (Å²) in [7, 11) is 0. The minimum absolute atomic E-state index is 0.0633. The summed E-state index contributed by atoms with van der Waals surface area (Å²) in [6, 6.07) is 6.69. The van der Waals surface area contributed by atoms with Crippen molar-refractivity contribution in [3.8, 4) is 11.5 Å². The smallest absolute Gasteiger partial charge is 0.272 e. The van der Waals surface area contributed by atoms with E-state index in [-0.39, 0.29) is 17.4 Å². The normalized spacial score (nSPS) is 10.3. The standard InChI is InChI=1S/C13H8ClF2NO3/c14-7-8-3-9(15)5-11(4-8)20-13-2-1-10(17(18)19)6-12(13)16/h1-6H,7H2. The van der Waals surface area contributed by atoms with Crippen LogP contribution in [0.5, 0.6) is 11.5 Å². The number of benzene rings is 2. The fourth-order valence-electron chi connectivity index (χ4n) is 1.57. The molecule has 0 fully saturated rings. The minimum atomic E-state index is -0.907. The highest BCUT2D eigenvalue weighted by atomic mass is 35.5. The van der Waals surface area contributed by atoms with Gasteiger partial charge >= 0.3 is 0 Å². The van der Waals surface area contributed by atoms with Crippen molar-refractivity contribution in [2.75, 3.05) is 0 Å². The van der Waals surface area contributed by atoms with E-state index in [2.05, 4.69) is 0 Å². The molecular formula is C13H8ClF2NO3. The molecular weight excluding hydrogens is 292 g/mol. The van der Waals surface area contributed by atoms with Crippen LogP contribution in [0.25, 0.3) is 0 Å². The average molecular weight is 300 g/mol. The zero-order valence-electron chi connectivity index (χ0n) is 9.98. The quantitative estimate of drug-likeness (QED) is 0.477. The van der Waals surface area contributed by atoms with Gasteiger partial charge in [0.25, 0.3) is 5.69 Å². The Kier molecular flexibility index (Phi) is 4.14. The number of nitro groups is 1. The maximum absolute atomic E-state index is 13.6. The number of nitrogens with zero attached hydrogens (tertiary/aromatic N) is 1. The fraction of sp³-hybridized carbons (Fsp3) is 0.0769. The zero-order chi connectivity index (χ0) is 14.7. The van der Waals surface area contributed by atoms with Gasteiger partial charge in [0.15, 0.2) is 11.6 Å². The molecule has 0 aliphatic rings. The third kappa shape index (κ3) is 3.21. The van der Waals surface area contributed by atoms with Crippen molar-refractivity contribution in [1.29, 1.82) is 0 Å². The highest BCUT2D eigenvalue weighted by Gasteiger charge is 2.13. The van der Waals surface area contributed by atoms with Gasteiger partial charge in [0.2, 0.25) is 0 Å². The van der Waals surface area contributed by atoms with E-state index in [1.807, 2.05) is 0 Å². The molecule has 0 spiro atoms. The van der Waals surface area contributed by atoms with Gasteiger partial charge in [-0.1, -0.05) is 0 Å². The predicted octanol–water partition coefficient (Wildman–Crippen LogP) is 4.40. The van der Waals surface area contributed by atoms with Gasteiger partial charge in [-0.3, -0.25) is 10.1 Å². The second kappa shape index (κ2) is 5.83. The van der Waals surface area contributed by atoms with E-state index < -0.39 is 22.2 Å².